The Labute approximate surface area is 170 Å². The molecule has 152 valence electrons. The molecule has 5 rings (SSSR count). The van der Waals surface area contributed by atoms with Crippen LogP contribution in [0.5, 0.6) is 0 Å². The largest absolute Gasteiger partial charge is 0.351 e. The van der Waals surface area contributed by atoms with Crippen LogP contribution in [0.2, 0.25) is 0 Å². The lowest BCUT2D eigenvalue weighted by Gasteiger charge is -2.37. The van der Waals surface area contributed by atoms with E-state index in [4.69, 9.17) is 0 Å². The van der Waals surface area contributed by atoms with Gasteiger partial charge in [0, 0.05) is 49.1 Å². The SMILES string of the molecule is Cc1nc(CCNC(=O)c2ccc3n(c2=O)C[C@@H]2CNC[C@H]3C2)nc2c1CCC2. The highest BCUT2D eigenvalue weighted by Crippen LogP contribution is 2.31. The molecule has 7 nitrogen and oxygen atoms in total. The molecule has 2 atom stereocenters. The molecular formula is C22H27N5O2. The molecule has 0 radical (unpaired) electrons. The van der Waals surface area contributed by atoms with E-state index in [1.807, 2.05) is 17.6 Å². The summed E-state index contributed by atoms with van der Waals surface area (Å²) in [5, 5.41) is 6.33. The Morgan fingerprint density at radius 2 is 2.17 bits per heavy atom. The van der Waals surface area contributed by atoms with Gasteiger partial charge in [-0.05, 0) is 62.8 Å². The van der Waals surface area contributed by atoms with Gasteiger partial charge in [-0.1, -0.05) is 0 Å². The molecular weight excluding hydrogens is 366 g/mol. The molecule has 2 aromatic rings. The predicted octanol–water partition coefficient (Wildman–Crippen LogP) is 1.11. The summed E-state index contributed by atoms with van der Waals surface area (Å²) in [4.78, 5) is 34.9. The number of aromatic nitrogens is 3. The smallest absolute Gasteiger partial charge is 0.263 e. The Balaban J connectivity index is 1.28. The Morgan fingerprint density at radius 3 is 3.07 bits per heavy atom. The molecule has 0 unspecified atom stereocenters. The summed E-state index contributed by atoms with van der Waals surface area (Å²) in [5.74, 6) is 1.30. The van der Waals surface area contributed by atoms with Crippen molar-refractivity contribution >= 4 is 5.91 Å². The van der Waals surface area contributed by atoms with Gasteiger partial charge in [-0.25, -0.2) is 9.97 Å². The molecule has 29 heavy (non-hydrogen) atoms. The standard InChI is InChI=1S/C22H27N5O2/c1-13-16-3-2-4-18(16)26-20(25-13)7-8-24-21(28)17-5-6-19-15-9-14(10-23-11-15)12-27(19)22(17)29/h5-6,14-15,23H,2-4,7-12H2,1H3,(H,24,28)/t14-,15+/m0/s1. The maximum Gasteiger partial charge on any atom is 0.263 e. The number of hydrogen-bond acceptors (Lipinski definition) is 5. The normalized spacial score (nSPS) is 22.1. The molecule has 1 amide bonds. The van der Waals surface area contributed by atoms with Crippen molar-refractivity contribution in [3.8, 4) is 0 Å². The van der Waals surface area contributed by atoms with Gasteiger partial charge in [0.25, 0.3) is 11.5 Å². The van der Waals surface area contributed by atoms with Crippen LogP contribution in [0.15, 0.2) is 16.9 Å². The summed E-state index contributed by atoms with van der Waals surface area (Å²) in [6, 6.07) is 3.64. The van der Waals surface area contributed by atoms with E-state index < -0.39 is 0 Å². The number of aryl methyl sites for hydroxylation is 2. The van der Waals surface area contributed by atoms with Crippen LogP contribution in [0.25, 0.3) is 0 Å². The van der Waals surface area contributed by atoms with Gasteiger partial charge >= 0.3 is 0 Å². The Hall–Kier alpha value is -2.54. The number of carbonyl (C=O) groups is 1. The van der Waals surface area contributed by atoms with Gasteiger partial charge in [0.2, 0.25) is 0 Å². The van der Waals surface area contributed by atoms with Gasteiger partial charge in [0.1, 0.15) is 11.4 Å². The number of piperidine rings is 1. The fourth-order valence-electron chi connectivity index (χ4n) is 5.14. The van der Waals surface area contributed by atoms with Gasteiger partial charge in [-0.3, -0.25) is 9.59 Å². The zero-order valence-electron chi connectivity index (χ0n) is 16.8. The average Bonchev–Trinajstić information content (AvgIpc) is 3.18. The second-order valence-electron chi connectivity index (χ2n) is 8.55. The van der Waals surface area contributed by atoms with Crippen LogP contribution in [0.1, 0.15) is 57.6 Å². The molecule has 0 spiro atoms. The van der Waals surface area contributed by atoms with E-state index in [-0.39, 0.29) is 17.0 Å². The summed E-state index contributed by atoms with van der Waals surface area (Å²) in [5.41, 5.74) is 4.62. The number of rotatable bonds is 4. The minimum Gasteiger partial charge on any atom is -0.351 e. The first-order valence-corrected chi connectivity index (χ1v) is 10.7. The lowest BCUT2D eigenvalue weighted by atomic mass is 9.84. The second-order valence-corrected chi connectivity index (χ2v) is 8.55. The minimum absolute atomic E-state index is 0.166. The van der Waals surface area contributed by atoms with Crippen molar-refractivity contribution in [3.63, 3.8) is 0 Å². The highest BCUT2D eigenvalue weighted by Gasteiger charge is 2.31. The van der Waals surface area contributed by atoms with Crippen LogP contribution in [0, 0.1) is 12.8 Å². The number of pyridine rings is 1. The average molecular weight is 393 g/mol. The first-order valence-electron chi connectivity index (χ1n) is 10.7. The maximum atomic E-state index is 12.9. The van der Waals surface area contributed by atoms with Crippen LogP contribution >= 0.6 is 0 Å². The lowest BCUT2D eigenvalue weighted by Crippen LogP contribution is -2.46. The zero-order chi connectivity index (χ0) is 20.0. The highest BCUT2D eigenvalue weighted by molar-refractivity contribution is 5.93. The third-order valence-electron chi connectivity index (χ3n) is 6.57. The zero-order valence-corrected chi connectivity index (χ0v) is 16.8. The summed E-state index contributed by atoms with van der Waals surface area (Å²) >= 11 is 0. The molecule has 2 bridgehead atoms. The van der Waals surface area contributed by atoms with E-state index in [1.165, 1.54) is 5.56 Å². The summed E-state index contributed by atoms with van der Waals surface area (Å²) < 4.78 is 1.82. The second kappa shape index (κ2) is 7.37. The van der Waals surface area contributed by atoms with E-state index in [0.717, 1.165) is 61.7 Å². The fraction of sp³-hybridized carbons (Fsp3) is 0.545. The molecule has 2 aliphatic heterocycles. The third kappa shape index (κ3) is 3.37. The van der Waals surface area contributed by atoms with Gasteiger partial charge in [0.05, 0.1) is 0 Å². The van der Waals surface area contributed by atoms with Gasteiger partial charge in [-0.15, -0.1) is 0 Å². The molecule has 2 N–H and O–H groups in total. The molecule has 7 heteroatoms. The molecule has 1 fully saturated rings. The van der Waals surface area contributed by atoms with Gasteiger partial charge in [0.15, 0.2) is 0 Å². The van der Waals surface area contributed by atoms with Crippen LogP contribution in [-0.4, -0.2) is 40.1 Å². The van der Waals surface area contributed by atoms with Crippen molar-refractivity contribution in [2.75, 3.05) is 19.6 Å². The van der Waals surface area contributed by atoms with Gasteiger partial charge < -0.3 is 15.2 Å². The number of nitrogens with zero attached hydrogens (tertiary/aromatic N) is 3. The van der Waals surface area contributed by atoms with Crippen molar-refractivity contribution in [2.45, 2.75) is 51.5 Å². The van der Waals surface area contributed by atoms with Crippen LogP contribution in [0.3, 0.4) is 0 Å². The number of nitrogens with one attached hydrogen (secondary N) is 2. The summed E-state index contributed by atoms with van der Waals surface area (Å²) in [6.07, 6.45) is 4.92. The Bertz CT molecular complexity index is 1030. The van der Waals surface area contributed by atoms with E-state index in [0.29, 0.717) is 31.3 Å². The Morgan fingerprint density at radius 1 is 1.28 bits per heavy atom. The first kappa shape index (κ1) is 18.5. The molecule has 2 aromatic heterocycles. The van der Waals surface area contributed by atoms with E-state index in [1.54, 1.807) is 6.07 Å². The lowest BCUT2D eigenvalue weighted by molar-refractivity contribution is 0.0951. The predicted molar refractivity (Wildman–Crippen MR) is 109 cm³/mol. The molecule has 4 heterocycles. The number of carbonyl (C=O) groups excluding carboxylic acids is 1. The van der Waals surface area contributed by atoms with Crippen molar-refractivity contribution < 1.29 is 4.79 Å². The third-order valence-corrected chi connectivity index (χ3v) is 6.57. The van der Waals surface area contributed by atoms with E-state index in [9.17, 15) is 9.59 Å². The van der Waals surface area contributed by atoms with E-state index in [2.05, 4.69) is 20.6 Å². The number of hydrogen-bond donors (Lipinski definition) is 2. The highest BCUT2D eigenvalue weighted by atomic mass is 16.2. The van der Waals surface area contributed by atoms with Gasteiger partial charge in [-0.2, -0.15) is 0 Å². The molecule has 1 saturated heterocycles. The summed E-state index contributed by atoms with van der Waals surface area (Å²) in [6.45, 7) is 5.00. The van der Waals surface area contributed by atoms with Crippen LogP contribution in [0.4, 0.5) is 0 Å². The van der Waals surface area contributed by atoms with Crippen LogP contribution < -0.4 is 16.2 Å². The van der Waals surface area contributed by atoms with Crippen molar-refractivity contribution in [3.05, 3.63) is 56.5 Å². The van der Waals surface area contributed by atoms with Crippen molar-refractivity contribution in [2.24, 2.45) is 5.92 Å². The van der Waals surface area contributed by atoms with E-state index >= 15 is 0 Å². The molecule has 0 aromatic carbocycles. The first-order chi connectivity index (χ1) is 14.1. The topological polar surface area (TPSA) is 88.9 Å². The summed E-state index contributed by atoms with van der Waals surface area (Å²) in [7, 11) is 0. The fourth-order valence-corrected chi connectivity index (χ4v) is 5.14. The number of amides is 1. The molecule has 0 saturated carbocycles. The Kier molecular flexibility index (Phi) is 4.70. The molecule has 3 aliphatic rings. The van der Waals surface area contributed by atoms with Crippen molar-refractivity contribution in [1.29, 1.82) is 0 Å². The maximum absolute atomic E-state index is 12.9. The number of fused-ring (bicyclic) bond motifs is 5. The monoisotopic (exact) mass is 393 g/mol. The van der Waals surface area contributed by atoms with Crippen molar-refractivity contribution in [1.82, 2.24) is 25.2 Å². The quantitative estimate of drug-likeness (QED) is 0.813. The molecule has 1 aliphatic carbocycles. The van der Waals surface area contributed by atoms with Crippen LogP contribution in [-0.2, 0) is 25.8 Å². The minimum atomic E-state index is -0.308.